The average Bonchev–Trinajstić information content (AvgIpc) is 2.74. The Hall–Kier alpha value is -1.18. The van der Waals surface area contributed by atoms with Crippen LogP contribution in [0.15, 0.2) is 0 Å². The molecule has 0 aromatic heterocycles. The molecule has 0 saturated carbocycles. The maximum absolute atomic E-state index is 11.6. The van der Waals surface area contributed by atoms with Gasteiger partial charge in [-0.25, -0.2) is 4.79 Å². The summed E-state index contributed by atoms with van der Waals surface area (Å²) < 4.78 is 5.09. The summed E-state index contributed by atoms with van der Waals surface area (Å²) >= 11 is 0. The minimum Gasteiger partial charge on any atom is -0.479 e. The highest BCUT2D eigenvalue weighted by Crippen LogP contribution is 2.10. The topological polar surface area (TPSA) is 108 Å². The molecule has 7 nitrogen and oxygen atoms in total. The van der Waals surface area contributed by atoms with Crippen LogP contribution < -0.4 is 10.6 Å². The van der Waals surface area contributed by atoms with Crippen LogP contribution in [0.1, 0.15) is 13.3 Å². The van der Waals surface area contributed by atoms with Crippen LogP contribution in [0.3, 0.4) is 0 Å². The Labute approximate surface area is 99.1 Å². The molecule has 4 N–H and O–H groups in total. The molecule has 17 heavy (non-hydrogen) atoms. The second-order valence-electron chi connectivity index (χ2n) is 4.35. The monoisotopic (exact) mass is 246 g/mol. The number of methoxy groups -OCH3 is 1. The highest BCUT2D eigenvalue weighted by molar-refractivity contribution is 5.83. The van der Waals surface area contributed by atoms with Crippen molar-refractivity contribution in [2.75, 3.05) is 20.2 Å². The van der Waals surface area contributed by atoms with E-state index in [2.05, 4.69) is 10.6 Å². The Bertz CT molecular complexity index is 305. The van der Waals surface area contributed by atoms with Crippen molar-refractivity contribution >= 4 is 11.9 Å². The predicted molar refractivity (Wildman–Crippen MR) is 58.5 cm³/mol. The van der Waals surface area contributed by atoms with Crippen molar-refractivity contribution in [3.05, 3.63) is 0 Å². The second kappa shape index (κ2) is 5.44. The lowest BCUT2D eigenvalue weighted by atomic mass is 10.1. The van der Waals surface area contributed by atoms with Crippen LogP contribution in [0.5, 0.6) is 0 Å². The first-order valence-electron chi connectivity index (χ1n) is 5.36. The number of aliphatic hydroxyl groups is 1. The lowest BCUT2D eigenvalue weighted by Gasteiger charge is -2.19. The molecule has 0 aromatic carbocycles. The van der Waals surface area contributed by atoms with E-state index in [1.54, 1.807) is 7.11 Å². The molecule has 0 bridgehead atoms. The molecule has 0 spiro atoms. The second-order valence-corrected chi connectivity index (χ2v) is 4.35. The summed E-state index contributed by atoms with van der Waals surface area (Å²) in [5.41, 5.74) is -1.95. The fourth-order valence-electron chi connectivity index (χ4n) is 1.54. The fourth-order valence-corrected chi connectivity index (χ4v) is 1.54. The quantitative estimate of drug-likeness (QED) is 0.461. The Morgan fingerprint density at radius 3 is 2.71 bits per heavy atom. The summed E-state index contributed by atoms with van der Waals surface area (Å²) in [6, 6.07) is -0.399. The lowest BCUT2D eigenvalue weighted by Crippen LogP contribution is -2.50. The molecule has 0 aliphatic carbocycles. The largest absolute Gasteiger partial charge is 0.479 e. The highest BCUT2D eigenvalue weighted by atomic mass is 16.5. The molecule has 3 unspecified atom stereocenters. The van der Waals surface area contributed by atoms with E-state index in [0.717, 1.165) is 6.92 Å². The van der Waals surface area contributed by atoms with Crippen LogP contribution in [-0.2, 0) is 14.3 Å². The van der Waals surface area contributed by atoms with E-state index in [4.69, 9.17) is 9.84 Å². The van der Waals surface area contributed by atoms with Crippen molar-refractivity contribution < 1.29 is 24.5 Å². The van der Waals surface area contributed by atoms with Crippen molar-refractivity contribution in [2.45, 2.75) is 31.1 Å². The van der Waals surface area contributed by atoms with Gasteiger partial charge < -0.3 is 25.6 Å². The van der Waals surface area contributed by atoms with E-state index >= 15 is 0 Å². The van der Waals surface area contributed by atoms with Gasteiger partial charge in [0.15, 0.2) is 5.60 Å². The van der Waals surface area contributed by atoms with Crippen molar-refractivity contribution in [3.63, 3.8) is 0 Å². The molecule has 3 atom stereocenters. The number of carboxylic acid groups (broad SMARTS) is 1. The number of ether oxygens (including phenoxy) is 1. The zero-order valence-electron chi connectivity index (χ0n) is 9.90. The van der Waals surface area contributed by atoms with Crippen molar-refractivity contribution in [3.8, 4) is 0 Å². The van der Waals surface area contributed by atoms with Crippen LogP contribution in [0.2, 0.25) is 0 Å². The van der Waals surface area contributed by atoms with Gasteiger partial charge in [0.05, 0.1) is 18.7 Å². The molecule has 1 aliphatic rings. The zero-order chi connectivity index (χ0) is 13.1. The number of hydrogen-bond donors (Lipinski definition) is 4. The van der Waals surface area contributed by atoms with Gasteiger partial charge in [0.2, 0.25) is 5.91 Å². The van der Waals surface area contributed by atoms with Crippen molar-refractivity contribution in [1.82, 2.24) is 10.6 Å². The Kier molecular flexibility index (Phi) is 4.44. The number of amides is 1. The van der Waals surface area contributed by atoms with Crippen molar-refractivity contribution in [2.24, 2.45) is 0 Å². The summed E-state index contributed by atoms with van der Waals surface area (Å²) in [7, 11) is 1.57. The number of nitrogens with one attached hydrogen (secondary N) is 2. The van der Waals surface area contributed by atoms with Crippen LogP contribution >= 0.6 is 0 Å². The summed E-state index contributed by atoms with van der Waals surface area (Å²) in [5.74, 6) is -1.70. The lowest BCUT2D eigenvalue weighted by molar-refractivity contribution is -0.156. The Morgan fingerprint density at radius 1 is 1.59 bits per heavy atom. The smallest absolute Gasteiger partial charge is 0.337 e. The standard InChI is InChI=1S/C10H18N2O5/c1-10(16,9(14)15)5-12-8(13)7-3-6(17-2)4-11-7/h6-7,11,16H,3-5H2,1-2H3,(H,12,13)(H,14,15). The summed E-state index contributed by atoms with van der Waals surface area (Å²) in [6.07, 6.45) is 0.531. The third kappa shape index (κ3) is 3.65. The van der Waals surface area contributed by atoms with Crippen LogP contribution in [-0.4, -0.2) is 60.0 Å². The first-order chi connectivity index (χ1) is 7.86. The zero-order valence-corrected chi connectivity index (χ0v) is 9.90. The van der Waals surface area contributed by atoms with Crippen LogP contribution in [0, 0.1) is 0 Å². The molecule has 1 aliphatic heterocycles. The normalized spacial score (nSPS) is 27.5. The van der Waals surface area contributed by atoms with Gasteiger partial charge in [-0.15, -0.1) is 0 Å². The molecule has 0 aromatic rings. The SMILES string of the molecule is COC1CNC(C(=O)NCC(C)(O)C(=O)O)C1. The predicted octanol–water partition coefficient (Wildman–Crippen LogP) is -1.68. The van der Waals surface area contributed by atoms with E-state index in [0.29, 0.717) is 13.0 Å². The van der Waals surface area contributed by atoms with E-state index in [9.17, 15) is 14.7 Å². The number of carbonyl (C=O) groups is 2. The van der Waals surface area contributed by atoms with Crippen LogP contribution in [0.25, 0.3) is 0 Å². The van der Waals surface area contributed by atoms with E-state index in [1.165, 1.54) is 0 Å². The van der Waals surface area contributed by atoms with Gasteiger partial charge in [-0.2, -0.15) is 0 Å². The molecule has 1 saturated heterocycles. The third-order valence-corrected chi connectivity index (χ3v) is 2.81. The third-order valence-electron chi connectivity index (χ3n) is 2.81. The first-order valence-corrected chi connectivity index (χ1v) is 5.36. The minimum atomic E-state index is -1.95. The average molecular weight is 246 g/mol. The molecular weight excluding hydrogens is 228 g/mol. The molecule has 1 fully saturated rings. The summed E-state index contributed by atoms with van der Waals surface area (Å²) in [6.45, 7) is 1.40. The van der Waals surface area contributed by atoms with Gasteiger partial charge in [0.25, 0.3) is 0 Å². The number of carboxylic acids is 1. The van der Waals surface area contributed by atoms with E-state index in [-0.39, 0.29) is 18.6 Å². The number of hydrogen-bond acceptors (Lipinski definition) is 5. The van der Waals surface area contributed by atoms with E-state index in [1.807, 2.05) is 0 Å². The van der Waals surface area contributed by atoms with Crippen molar-refractivity contribution in [1.29, 1.82) is 0 Å². The number of rotatable bonds is 5. The van der Waals surface area contributed by atoms with Gasteiger partial charge >= 0.3 is 5.97 Å². The maximum Gasteiger partial charge on any atom is 0.337 e. The Balaban J connectivity index is 2.38. The molecule has 1 amide bonds. The summed E-state index contributed by atoms with van der Waals surface area (Å²) in [4.78, 5) is 22.3. The molecule has 7 heteroatoms. The van der Waals surface area contributed by atoms with Gasteiger partial charge in [-0.05, 0) is 13.3 Å². The van der Waals surface area contributed by atoms with Gasteiger partial charge in [0.1, 0.15) is 0 Å². The molecular formula is C10H18N2O5. The van der Waals surface area contributed by atoms with Gasteiger partial charge in [-0.3, -0.25) is 4.79 Å². The summed E-state index contributed by atoms with van der Waals surface area (Å²) in [5, 5.41) is 23.4. The number of carbonyl (C=O) groups excluding carboxylic acids is 1. The Morgan fingerprint density at radius 2 is 2.24 bits per heavy atom. The minimum absolute atomic E-state index is 0.00858. The first kappa shape index (κ1) is 13.9. The van der Waals surface area contributed by atoms with E-state index < -0.39 is 17.6 Å². The number of aliphatic carboxylic acids is 1. The molecule has 0 radical (unpaired) electrons. The molecule has 1 heterocycles. The van der Waals surface area contributed by atoms with Gasteiger partial charge in [-0.1, -0.05) is 0 Å². The van der Waals surface area contributed by atoms with Crippen LogP contribution in [0.4, 0.5) is 0 Å². The van der Waals surface area contributed by atoms with Gasteiger partial charge in [0, 0.05) is 13.7 Å². The fraction of sp³-hybridized carbons (Fsp3) is 0.800. The maximum atomic E-state index is 11.6. The molecule has 98 valence electrons. The highest BCUT2D eigenvalue weighted by Gasteiger charge is 2.33. The molecule has 1 rings (SSSR count).